The van der Waals surface area contributed by atoms with E-state index in [0.29, 0.717) is 5.56 Å². The zero-order valence-corrected chi connectivity index (χ0v) is 13.8. The van der Waals surface area contributed by atoms with Crippen LogP contribution < -0.4 is 4.43 Å². The van der Waals surface area contributed by atoms with E-state index in [4.69, 9.17) is 9.53 Å². The molecule has 5 heteroatoms. The van der Waals surface area contributed by atoms with Crippen LogP contribution in [0.25, 0.3) is 0 Å². The molecule has 0 aliphatic heterocycles. The number of aliphatic hydroxyl groups excluding tert-OH is 1. The van der Waals surface area contributed by atoms with Gasteiger partial charge in [0.15, 0.2) is 0 Å². The highest BCUT2D eigenvalue weighted by molar-refractivity contribution is 6.74. The lowest BCUT2D eigenvalue weighted by atomic mass is 10.1. The van der Waals surface area contributed by atoms with E-state index >= 15 is 0 Å². The fraction of sp³-hybridized carbons (Fsp3) is 0.533. The Morgan fingerprint density at radius 2 is 1.75 bits per heavy atom. The quantitative estimate of drug-likeness (QED) is 0.815. The first-order valence-corrected chi connectivity index (χ1v) is 9.62. The zero-order chi connectivity index (χ0) is 15.6. The van der Waals surface area contributed by atoms with Gasteiger partial charge in [-0.3, -0.25) is 4.79 Å². The van der Waals surface area contributed by atoms with Crippen molar-refractivity contribution in [2.45, 2.75) is 51.4 Å². The topological polar surface area (TPSA) is 66.8 Å². The molecule has 0 saturated carbocycles. The molecule has 1 rings (SSSR count). The van der Waals surface area contributed by atoms with Gasteiger partial charge >= 0.3 is 5.97 Å². The number of carboxylic acid groups (broad SMARTS) is 1. The molecule has 0 saturated heterocycles. The molecule has 0 spiro atoms. The number of hydrogen-bond donors (Lipinski definition) is 2. The van der Waals surface area contributed by atoms with Crippen LogP contribution in [0.4, 0.5) is 0 Å². The fourth-order valence-electron chi connectivity index (χ4n) is 1.49. The van der Waals surface area contributed by atoms with Gasteiger partial charge in [0.05, 0.1) is 12.5 Å². The number of rotatable bonds is 5. The van der Waals surface area contributed by atoms with Crippen LogP contribution in [-0.4, -0.2) is 24.5 Å². The Bertz CT molecular complexity index is 460. The second kappa shape index (κ2) is 5.97. The molecule has 0 heterocycles. The fourth-order valence-corrected chi connectivity index (χ4v) is 2.52. The minimum Gasteiger partial charge on any atom is -0.544 e. The average molecular weight is 296 g/mol. The summed E-state index contributed by atoms with van der Waals surface area (Å²) in [4.78, 5) is 10.6. The van der Waals surface area contributed by atoms with Crippen molar-refractivity contribution >= 4 is 14.3 Å². The van der Waals surface area contributed by atoms with Gasteiger partial charge in [-0.05, 0) is 35.8 Å². The van der Waals surface area contributed by atoms with Crippen molar-refractivity contribution in [3.05, 3.63) is 29.8 Å². The lowest BCUT2D eigenvalue weighted by Crippen LogP contribution is -2.43. The number of aliphatic carboxylic acids is 1. The summed E-state index contributed by atoms with van der Waals surface area (Å²) in [5.41, 5.74) is 0.593. The molecule has 112 valence electrons. The number of carboxylic acids is 1. The molecule has 20 heavy (non-hydrogen) atoms. The smallest absolute Gasteiger partial charge is 0.306 e. The number of aliphatic hydroxyl groups is 1. The van der Waals surface area contributed by atoms with Crippen molar-refractivity contribution in [3.63, 3.8) is 0 Å². The van der Waals surface area contributed by atoms with Gasteiger partial charge < -0.3 is 14.6 Å². The third kappa shape index (κ3) is 4.35. The van der Waals surface area contributed by atoms with E-state index < -0.39 is 20.4 Å². The van der Waals surface area contributed by atoms with E-state index in [9.17, 15) is 9.90 Å². The molecule has 1 aromatic rings. The normalized spacial score (nSPS) is 13.9. The zero-order valence-electron chi connectivity index (χ0n) is 12.8. The Labute approximate surface area is 121 Å². The maximum absolute atomic E-state index is 10.6. The predicted molar refractivity (Wildman–Crippen MR) is 81.5 cm³/mol. The Kier molecular flexibility index (Phi) is 4.99. The average Bonchev–Trinajstić information content (AvgIpc) is 2.26. The first kappa shape index (κ1) is 16.7. The monoisotopic (exact) mass is 296 g/mol. The Morgan fingerprint density at radius 1 is 1.25 bits per heavy atom. The van der Waals surface area contributed by atoms with Crippen LogP contribution in [0.1, 0.15) is 38.9 Å². The van der Waals surface area contributed by atoms with Crippen LogP contribution in [0.15, 0.2) is 24.3 Å². The van der Waals surface area contributed by atoms with E-state index in [1.165, 1.54) is 0 Å². The molecule has 0 aliphatic rings. The molecule has 0 bridgehead atoms. The molecule has 0 amide bonds. The molecule has 2 N–H and O–H groups in total. The van der Waals surface area contributed by atoms with Crippen molar-refractivity contribution in [1.82, 2.24) is 0 Å². The second-order valence-corrected chi connectivity index (χ2v) is 11.3. The highest BCUT2D eigenvalue weighted by Crippen LogP contribution is 2.37. The third-order valence-electron chi connectivity index (χ3n) is 3.81. The Balaban J connectivity index is 2.80. The maximum atomic E-state index is 10.6. The van der Waals surface area contributed by atoms with E-state index in [0.717, 1.165) is 5.75 Å². The van der Waals surface area contributed by atoms with Gasteiger partial charge in [0.1, 0.15) is 5.75 Å². The SMILES string of the molecule is CC(C)(C)[Si](C)(C)Oc1ccc(C(O)CC(=O)O)cc1. The summed E-state index contributed by atoms with van der Waals surface area (Å²) in [6.07, 6.45) is -1.27. The number of benzene rings is 1. The lowest BCUT2D eigenvalue weighted by Gasteiger charge is -2.36. The van der Waals surface area contributed by atoms with Crippen molar-refractivity contribution < 1.29 is 19.4 Å². The lowest BCUT2D eigenvalue weighted by molar-refractivity contribution is -0.139. The molecule has 0 aromatic heterocycles. The molecule has 0 fully saturated rings. The first-order chi connectivity index (χ1) is 9.03. The van der Waals surface area contributed by atoms with Crippen LogP contribution in [0.5, 0.6) is 5.75 Å². The van der Waals surface area contributed by atoms with Crippen molar-refractivity contribution in [2.75, 3.05) is 0 Å². The molecule has 1 atom stereocenters. The number of carbonyl (C=O) groups is 1. The first-order valence-electron chi connectivity index (χ1n) is 6.72. The van der Waals surface area contributed by atoms with E-state index in [1.54, 1.807) is 24.3 Å². The third-order valence-corrected chi connectivity index (χ3v) is 8.17. The largest absolute Gasteiger partial charge is 0.544 e. The van der Waals surface area contributed by atoms with Crippen LogP contribution in [-0.2, 0) is 4.79 Å². The van der Waals surface area contributed by atoms with Crippen molar-refractivity contribution in [1.29, 1.82) is 0 Å². The molecular weight excluding hydrogens is 272 g/mol. The summed E-state index contributed by atoms with van der Waals surface area (Å²) in [7, 11) is -1.87. The minimum atomic E-state index is -1.87. The molecule has 0 radical (unpaired) electrons. The molecule has 0 aliphatic carbocycles. The van der Waals surface area contributed by atoms with E-state index in [-0.39, 0.29) is 11.5 Å². The van der Waals surface area contributed by atoms with Crippen LogP contribution in [0.2, 0.25) is 18.1 Å². The standard InChI is InChI=1S/C15H24O4Si/c1-15(2,3)20(4,5)19-12-8-6-11(7-9-12)13(16)10-14(17)18/h6-9,13,16H,10H2,1-5H3,(H,17,18). The van der Waals surface area contributed by atoms with Gasteiger partial charge in [0, 0.05) is 0 Å². The van der Waals surface area contributed by atoms with Crippen LogP contribution in [0.3, 0.4) is 0 Å². The minimum absolute atomic E-state index is 0.120. The van der Waals surface area contributed by atoms with Crippen LogP contribution >= 0.6 is 0 Å². The number of hydrogen-bond acceptors (Lipinski definition) is 3. The predicted octanol–water partition coefficient (Wildman–Crippen LogP) is 3.58. The van der Waals surface area contributed by atoms with Gasteiger partial charge in [-0.2, -0.15) is 0 Å². The van der Waals surface area contributed by atoms with Gasteiger partial charge in [-0.1, -0.05) is 32.9 Å². The van der Waals surface area contributed by atoms with E-state index in [2.05, 4.69) is 33.9 Å². The van der Waals surface area contributed by atoms with Crippen LogP contribution in [0, 0.1) is 0 Å². The Hall–Kier alpha value is -1.33. The second-order valence-electron chi connectivity index (χ2n) is 6.55. The van der Waals surface area contributed by atoms with E-state index in [1.807, 2.05) is 0 Å². The molecular formula is C15H24O4Si. The van der Waals surface area contributed by atoms with Gasteiger partial charge in [-0.25, -0.2) is 0 Å². The van der Waals surface area contributed by atoms with Crippen molar-refractivity contribution in [3.8, 4) is 5.75 Å². The Morgan fingerprint density at radius 3 is 2.15 bits per heavy atom. The molecule has 4 nitrogen and oxygen atoms in total. The highest BCUT2D eigenvalue weighted by Gasteiger charge is 2.38. The summed E-state index contributed by atoms with van der Waals surface area (Å²) in [6, 6.07) is 7.02. The maximum Gasteiger partial charge on any atom is 0.306 e. The van der Waals surface area contributed by atoms with Gasteiger partial charge in [-0.15, -0.1) is 0 Å². The molecule has 1 unspecified atom stereocenters. The van der Waals surface area contributed by atoms with Gasteiger partial charge in [0.25, 0.3) is 0 Å². The van der Waals surface area contributed by atoms with Crippen molar-refractivity contribution in [2.24, 2.45) is 0 Å². The summed E-state index contributed by atoms with van der Waals surface area (Å²) in [5.74, 6) is -0.248. The molecule has 1 aromatic carbocycles. The summed E-state index contributed by atoms with van der Waals surface area (Å²) < 4.78 is 6.12. The summed E-state index contributed by atoms with van der Waals surface area (Å²) in [6.45, 7) is 10.8. The summed E-state index contributed by atoms with van der Waals surface area (Å²) >= 11 is 0. The summed E-state index contributed by atoms with van der Waals surface area (Å²) in [5, 5.41) is 18.5. The highest BCUT2D eigenvalue weighted by atomic mass is 28.4. The van der Waals surface area contributed by atoms with Gasteiger partial charge in [0.2, 0.25) is 8.32 Å².